The summed E-state index contributed by atoms with van der Waals surface area (Å²) < 4.78 is 10.4. The number of nitrogens with one attached hydrogen (secondary N) is 2. The molecule has 0 saturated heterocycles. The molecule has 0 radical (unpaired) electrons. The fraction of sp³-hybridized carbons (Fsp3) is 0.200. The number of benzene rings is 1. The molecule has 0 unspecified atom stereocenters. The van der Waals surface area contributed by atoms with Gasteiger partial charge >= 0.3 is 0 Å². The van der Waals surface area contributed by atoms with E-state index in [2.05, 4.69) is 25.3 Å². The van der Waals surface area contributed by atoms with E-state index in [0.717, 1.165) is 0 Å². The quantitative estimate of drug-likeness (QED) is 0.501. The number of H-pyrrole nitrogens is 1. The van der Waals surface area contributed by atoms with Gasteiger partial charge in [-0.05, 0) is 0 Å². The molecule has 2 N–H and O–H groups in total. The topological polar surface area (TPSA) is 102 Å². The maximum Gasteiger partial charge on any atom is 0.234 e. The van der Waals surface area contributed by atoms with Crippen molar-refractivity contribution >= 4 is 46.1 Å². The molecule has 10 heteroatoms. The van der Waals surface area contributed by atoms with Crippen molar-refractivity contribution in [1.29, 1.82) is 0 Å². The van der Waals surface area contributed by atoms with Gasteiger partial charge in [0, 0.05) is 12.1 Å². The largest absolute Gasteiger partial charge is 0.495 e. The second kappa shape index (κ2) is 7.58. The number of rotatable bonds is 6. The van der Waals surface area contributed by atoms with Crippen LogP contribution in [0.15, 0.2) is 29.8 Å². The highest BCUT2D eigenvalue weighted by atomic mass is 35.5. The minimum Gasteiger partial charge on any atom is -0.495 e. The average molecular weight is 380 g/mol. The number of ether oxygens (including phenoxy) is 2. The third kappa shape index (κ3) is 3.77. The lowest BCUT2D eigenvalue weighted by atomic mass is 10.2. The van der Waals surface area contributed by atoms with Crippen LogP contribution >= 0.6 is 23.4 Å². The number of aromatic nitrogens is 4. The van der Waals surface area contributed by atoms with Gasteiger partial charge in [-0.25, -0.2) is 15.0 Å². The Labute approximate surface area is 152 Å². The molecule has 0 saturated carbocycles. The van der Waals surface area contributed by atoms with Crippen LogP contribution in [-0.4, -0.2) is 45.8 Å². The summed E-state index contributed by atoms with van der Waals surface area (Å²) in [5.41, 5.74) is 1.73. The van der Waals surface area contributed by atoms with Gasteiger partial charge in [0.15, 0.2) is 5.65 Å². The smallest absolute Gasteiger partial charge is 0.234 e. The van der Waals surface area contributed by atoms with Gasteiger partial charge < -0.3 is 19.8 Å². The number of thioether (sulfide) groups is 1. The molecule has 25 heavy (non-hydrogen) atoms. The maximum absolute atomic E-state index is 12.3. The highest BCUT2D eigenvalue weighted by Gasteiger charge is 2.14. The Balaban J connectivity index is 1.71. The van der Waals surface area contributed by atoms with E-state index < -0.39 is 0 Å². The Morgan fingerprint density at radius 3 is 2.80 bits per heavy atom. The van der Waals surface area contributed by atoms with Crippen molar-refractivity contribution in [3.63, 3.8) is 0 Å². The van der Waals surface area contributed by atoms with Crippen molar-refractivity contribution in [2.75, 3.05) is 25.3 Å². The van der Waals surface area contributed by atoms with E-state index in [1.165, 1.54) is 38.6 Å². The van der Waals surface area contributed by atoms with Gasteiger partial charge in [-0.2, -0.15) is 0 Å². The van der Waals surface area contributed by atoms with E-state index in [-0.39, 0.29) is 11.7 Å². The highest BCUT2D eigenvalue weighted by Crippen LogP contribution is 2.36. The second-order valence-corrected chi connectivity index (χ2v) is 6.18. The number of amides is 1. The summed E-state index contributed by atoms with van der Waals surface area (Å²) in [7, 11) is 3.00. The summed E-state index contributed by atoms with van der Waals surface area (Å²) in [5.74, 6) is 0.820. The summed E-state index contributed by atoms with van der Waals surface area (Å²) in [5, 5.41) is 3.83. The number of nitrogens with zero attached hydrogens (tertiary/aromatic N) is 3. The van der Waals surface area contributed by atoms with E-state index >= 15 is 0 Å². The van der Waals surface area contributed by atoms with Crippen LogP contribution in [0.4, 0.5) is 5.69 Å². The zero-order valence-electron chi connectivity index (χ0n) is 13.4. The average Bonchev–Trinajstić information content (AvgIpc) is 3.10. The number of carbonyl (C=O) groups excluding carboxylic acids is 1. The van der Waals surface area contributed by atoms with E-state index in [0.29, 0.717) is 38.4 Å². The summed E-state index contributed by atoms with van der Waals surface area (Å²) in [6.45, 7) is 0. The predicted molar refractivity (Wildman–Crippen MR) is 95.6 cm³/mol. The van der Waals surface area contributed by atoms with E-state index in [4.69, 9.17) is 21.1 Å². The summed E-state index contributed by atoms with van der Waals surface area (Å²) in [4.78, 5) is 27.5. The second-order valence-electron chi connectivity index (χ2n) is 4.80. The van der Waals surface area contributed by atoms with Gasteiger partial charge in [-0.15, -0.1) is 0 Å². The number of imidazole rings is 1. The van der Waals surface area contributed by atoms with Crippen molar-refractivity contribution in [3.8, 4) is 11.5 Å². The Morgan fingerprint density at radius 2 is 2.04 bits per heavy atom. The van der Waals surface area contributed by atoms with Gasteiger partial charge in [-0.1, -0.05) is 23.4 Å². The first kappa shape index (κ1) is 17.3. The molecule has 0 fully saturated rings. The number of halogens is 1. The third-order valence-electron chi connectivity index (χ3n) is 3.28. The zero-order valence-corrected chi connectivity index (χ0v) is 14.9. The molecule has 0 spiro atoms. The number of fused-ring (bicyclic) bond motifs is 1. The monoisotopic (exact) mass is 379 g/mol. The van der Waals surface area contributed by atoms with Crippen molar-refractivity contribution < 1.29 is 14.3 Å². The molecule has 0 bridgehead atoms. The predicted octanol–water partition coefficient (Wildman–Crippen LogP) is 2.75. The lowest BCUT2D eigenvalue weighted by Crippen LogP contribution is -2.15. The summed E-state index contributed by atoms with van der Waals surface area (Å²) in [6.07, 6.45) is 2.95. The van der Waals surface area contributed by atoms with Crippen LogP contribution in [0.25, 0.3) is 11.2 Å². The first-order valence-electron chi connectivity index (χ1n) is 7.10. The van der Waals surface area contributed by atoms with Crippen molar-refractivity contribution in [1.82, 2.24) is 19.9 Å². The minimum absolute atomic E-state index is 0.152. The molecular weight excluding hydrogens is 366 g/mol. The number of aromatic amines is 1. The van der Waals surface area contributed by atoms with Gasteiger partial charge in [-0.3, -0.25) is 4.79 Å². The van der Waals surface area contributed by atoms with Crippen LogP contribution in [0.2, 0.25) is 5.02 Å². The van der Waals surface area contributed by atoms with Gasteiger partial charge in [0.2, 0.25) is 5.91 Å². The Bertz CT molecular complexity index is 917. The van der Waals surface area contributed by atoms with E-state index in [1.54, 1.807) is 12.1 Å². The Hall–Kier alpha value is -2.52. The van der Waals surface area contributed by atoms with Crippen LogP contribution in [0.1, 0.15) is 0 Å². The number of carbonyl (C=O) groups is 1. The van der Waals surface area contributed by atoms with Crippen LogP contribution in [-0.2, 0) is 4.79 Å². The zero-order chi connectivity index (χ0) is 17.8. The first-order chi connectivity index (χ1) is 12.1. The number of methoxy groups -OCH3 is 2. The van der Waals surface area contributed by atoms with Crippen molar-refractivity contribution in [2.24, 2.45) is 0 Å². The fourth-order valence-electron chi connectivity index (χ4n) is 2.13. The van der Waals surface area contributed by atoms with Crippen LogP contribution < -0.4 is 14.8 Å². The number of anilines is 1. The molecule has 0 aliphatic rings. The van der Waals surface area contributed by atoms with Gasteiger partial charge in [0.25, 0.3) is 0 Å². The van der Waals surface area contributed by atoms with Crippen LogP contribution in [0.3, 0.4) is 0 Å². The Kier molecular flexibility index (Phi) is 5.25. The molecule has 8 nitrogen and oxygen atoms in total. The maximum atomic E-state index is 12.3. The van der Waals surface area contributed by atoms with Crippen LogP contribution in [0, 0.1) is 0 Å². The molecule has 2 aromatic heterocycles. The molecule has 0 atom stereocenters. The standard InChI is InChI=1S/C15H14ClN5O3S/c1-23-10-4-9(11(24-2)3-8(10)16)21-12(22)5-25-15-13-14(18-6-17-13)19-7-20-15/h3-4,6-7H,5H2,1-2H3,(H,21,22)(H,17,18,19,20). The third-order valence-corrected chi connectivity index (χ3v) is 4.56. The minimum atomic E-state index is -0.223. The molecule has 0 aliphatic heterocycles. The normalized spacial score (nSPS) is 10.7. The molecule has 1 amide bonds. The van der Waals surface area contributed by atoms with E-state index in [1.807, 2.05) is 0 Å². The molecule has 130 valence electrons. The van der Waals surface area contributed by atoms with Crippen LogP contribution in [0.5, 0.6) is 11.5 Å². The SMILES string of the molecule is COc1cc(NC(=O)CSc2ncnc3nc[nH]c23)c(OC)cc1Cl. The molecule has 1 aromatic carbocycles. The first-order valence-corrected chi connectivity index (χ1v) is 8.47. The highest BCUT2D eigenvalue weighted by molar-refractivity contribution is 8.00. The van der Waals surface area contributed by atoms with E-state index in [9.17, 15) is 4.79 Å². The van der Waals surface area contributed by atoms with Crippen molar-refractivity contribution in [3.05, 3.63) is 29.8 Å². The van der Waals surface area contributed by atoms with Gasteiger partial charge in [0.1, 0.15) is 28.4 Å². The lowest BCUT2D eigenvalue weighted by molar-refractivity contribution is -0.113. The Morgan fingerprint density at radius 1 is 1.24 bits per heavy atom. The molecule has 3 rings (SSSR count). The number of hydrogen-bond acceptors (Lipinski definition) is 7. The molecule has 0 aliphatic carbocycles. The van der Waals surface area contributed by atoms with Crippen molar-refractivity contribution in [2.45, 2.75) is 5.03 Å². The summed E-state index contributed by atoms with van der Waals surface area (Å²) >= 11 is 7.33. The summed E-state index contributed by atoms with van der Waals surface area (Å²) in [6, 6.07) is 3.20. The number of hydrogen-bond donors (Lipinski definition) is 2. The molecular formula is C15H14ClN5O3S. The van der Waals surface area contributed by atoms with Gasteiger partial charge in [0.05, 0.1) is 37.0 Å². The molecule has 2 heterocycles. The molecule has 3 aromatic rings. The fourth-order valence-corrected chi connectivity index (χ4v) is 3.12. The lowest BCUT2D eigenvalue weighted by Gasteiger charge is -2.13.